The van der Waals surface area contributed by atoms with Crippen molar-refractivity contribution >= 4 is 23.2 Å². The van der Waals surface area contributed by atoms with Crippen LogP contribution in [0.25, 0.3) is 11.3 Å². The second-order valence-corrected chi connectivity index (χ2v) is 7.43. The molecule has 1 amide bonds. The quantitative estimate of drug-likeness (QED) is 0.614. The maximum absolute atomic E-state index is 12.4. The van der Waals surface area contributed by atoms with Crippen LogP contribution in [0.3, 0.4) is 0 Å². The molecule has 0 saturated carbocycles. The Labute approximate surface area is 158 Å². The van der Waals surface area contributed by atoms with Gasteiger partial charge in [-0.2, -0.15) is 5.10 Å². The minimum Gasteiger partial charge on any atom is -0.399 e. The van der Waals surface area contributed by atoms with Crippen LogP contribution in [-0.2, 0) is 5.54 Å². The fourth-order valence-corrected chi connectivity index (χ4v) is 2.83. The molecule has 0 unspecified atom stereocenters. The fourth-order valence-electron chi connectivity index (χ4n) is 2.83. The summed E-state index contributed by atoms with van der Waals surface area (Å²) < 4.78 is 1.77. The molecule has 0 radical (unpaired) electrons. The summed E-state index contributed by atoms with van der Waals surface area (Å²) in [4.78, 5) is 16.8. The third-order valence-electron chi connectivity index (χ3n) is 4.09. The molecule has 0 saturated heterocycles. The van der Waals surface area contributed by atoms with Crippen LogP contribution in [0.1, 0.15) is 36.8 Å². The minimum absolute atomic E-state index is 0.318. The summed E-state index contributed by atoms with van der Waals surface area (Å²) in [5.41, 5.74) is 14.2. The minimum atomic E-state index is -0.563. The summed E-state index contributed by atoms with van der Waals surface area (Å²) in [5.74, 6) is 0.569. The van der Waals surface area contributed by atoms with Gasteiger partial charge in [-0.05, 0) is 52.0 Å². The highest BCUT2D eigenvalue weighted by Crippen LogP contribution is 2.34. The number of rotatable bonds is 4. The number of nitrogens with two attached hydrogens (primary N) is 2. The van der Waals surface area contributed by atoms with Crippen molar-refractivity contribution in [3.8, 4) is 11.3 Å². The Morgan fingerprint density at radius 2 is 1.78 bits per heavy atom. The highest BCUT2D eigenvalue weighted by Gasteiger charge is 2.28. The summed E-state index contributed by atoms with van der Waals surface area (Å²) in [6.07, 6.45) is 0. The number of carbonyl (C=O) groups excluding carboxylic acids is 1. The molecule has 7 nitrogen and oxygen atoms in total. The van der Waals surface area contributed by atoms with E-state index in [1.807, 2.05) is 58.0 Å². The number of pyridine rings is 1. The SMILES string of the molecule is Cc1cccc(Nc2c(C(N)=O)c(-c3ccc(N)cc3)nn2C(C)(C)C)n1. The van der Waals surface area contributed by atoms with Crippen molar-refractivity contribution in [2.75, 3.05) is 11.1 Å². The Morgan fingerprint density at radius 1 is 1.11 bits per heavy atom. The molecule has 3 aromatic rings. The first-order valence-electron chi connectivity index (χ1n) is 8.66. The van der Waals surface area contributed by atoms with Gasteiger partial charge in [0.15, 0.2) is 0 Å². The van der Waals surface area contributed by atoms with E-state index < -0.39 is 5.91 Å². The van der Waals surface area contributed by atoms with Gasteiger partial charge >= 0.3 is 0 Å². The summed E-state index contributed by atoms with van der Waals surface area (Å²) in [6.45, 7) is 7.92. The zero-order chi connectivity index (χ0) is 19.8. The molecule has 5 N–H and O–H groups in total. The van der Waals surface area contributed by atoms with Gasteiger partial charge in [-0.1, -0.05) is 18.2 Å². The number of hydrogen-bond donors (Lipinski definition) is 3. The second-order valence-electron chi connectivity index (χ2n) is 7.43. The van der Waals surface area contributed by atoms with Crippen LogP contribution in [0.5, 0.6) is 0 Å². The molecule has 0 bridgehead atoms. The second kappa shape index (κ2) is 6.75. The first kappa shape index (κ1) is 18.4. The number of amides is 1. The van der Waals surface area contributed by atoms with Crippen molar-refractivity contribution < 1.29 is 4.79 Å². The van der Waals surface area contributed by atoms with Gasteiger partial charge in [0, 0.05) is 16.9 Å². The highest BCUT2D eigenvalue weighted by atomic mass is 16.1. The van der Waals surface area contributed by atoms with E-state index in [4.69, 9.17) is 16.6 Å². The lowest BCUT2D eigenvalue weighted by Crippen LogP contribution is -2.25. The molecule has 0 aliphatic carbocycles. The first-order chi connectivity index (χ1) is 12.7. The van der Waals surface area contributed by atoms with E-state index in [-0.39, 0.29) is 5.54 Å². The van der Waals surface area contributed by atoms with E-state index in [1.165, 1.54) is 0 Å². The Hall–Kier alpha value is -3.35. The third-order valence-corrected chi connectivity index (χ3v) is 4.09. The van der Waals surface area contributed by atoms with Crippen molar-refractivity contribution in [2.24, 2.45) is 5.73 Å². The van der Waals surface area contributed by atoms with E-state index in [2.05, 4.69) is 10.3 Å². The van der Waals surface area contributed by atoms with Gasteiger partial charge in [-0.3, -0.25) is 4.79 Å². The topological polar surface area (TPSA) is 112 Å². The number of nitrogens with zero attached hydrogens (tertiary/aromatic N) is 3. The smallest absolute Gasteiger partial charge is 0.254 e. The summed E-state index contributed by atoms with van der Waals surface area (Å²) in [7, 11) is 0. The van der Waals surface area contributed by atoms with Gasteiger partial charge in [-0.15, -0.1) is 0 Å². The molecular weight excluding hydrogens is 340 g/mol. The average Bonchev–Trinajstić information content (AvgIpc) is 2.95. The lowest BCUT2D eigenvalue weighted by atomic mass is 10.1. The number of nitrogen functional groups attached to an aromatic ring is 1. The van der Waals surface area contributed by atoms with Crippen molar-refractivity contribution in [1.29, 1.82) is 0 Å². The third kappa shape index (κ3) is 3.76. The van der Waals surface area contributed by atoms with Gasteiger partial charge in [0.25, 0.3) is 5.91 Å². The van der Waals surface area contributed by atoms with Crippen molar-refractivity contribution in [3.63, 3.8) is 0 Å². The number of carbonyl (C=O) groups is 1. The molecule has 27 heavy (non-hydrogen) atoms. The molecule has 1 aromatic carbocycles. The van der Waals surface area contributed by atoms with Gasteiger partial charge in [-0.25, -0.2) is 9.67 Å². The number of benzene rings is 1. The van der Waals surface area contributed by atoms with Crippen LogP contribution in [0.2, 0.25) is 0 Å². The molecule has 2 heterocycles. The maximum atomic E-state index is 12.4. The standard InChI is InChI=1S/C20H24N6O/c1-12-6-5-7-15(23-12)24-19-16(18(22)27)17(25-26(19)20(2,3)4)13-8-10-14(21)11-9-13/h5-11H,21H2,1-4H3,(H2,22,27)(H,23,24). The molecule has 3 rings (SSSR count). The number of aromatic nitrogens is 3. The van der Waals surface area contributed by atoms with Crippen molar-refractivity contribution in [1.82, 2.24) is 14.8 Å². The van der Waals surface area contributed by atoms with E-state index in [0.29, 0.717) is 28.6 Å². The lowest BCUT2D eigenvalue weighted by Gasteiger charge is -2.23. The molecule has 140 valence electrons. The van der Waals surface area contributed by atoms with Crippen molar-refractivity contribution in [3.05, 3.63) is 53.7 Å². The molecule has 0 aliphatic rings. The number of aryl methyl sites for hydroxylation is 1. The largest absolute Gasteiger partial charge is 0.399 e. The molecular formula is C20H24N6O. The Balaban J connectivity index is 2.23. The van der Waals surface area contributed by atoms with Gasteiger partial charge < -0.3 is 16.8 Å². The number of primary amides is 1. The average molecular weight is 364 g/mol. The van der Waals surface area contributed by atoms with E-state index in [0.717, 1.165) is 11.3 Å². The number of hydrogen-bond acceptors (Lipinski definition) is 5. The molecule has 0 aliphatic heterocycles. The normalized spacial score (nSPS) is 11.4. The van der Waals surface area contributed by atoms with Crippen LogP contribution in [0.4, 0.5) is 17.3 Å². The van der Waals surface area contributed by atoms with Crippen LogP contribution in [0, 0.1) is 6.92 Å². The number of nitrogens with one attached hydrogen (secondary N) is 1. The molecule has 2 aromatic heterocycles. The summed E-state index contributed by atoms with van der Waals surface area (Å²) >= 11 is 0. The first-order valence-corrected chi connectivity index (χ1v) is 8.66. The Kier molecular flexibility index (Phi) is 4.61. The van der Waals surface area contributed by atoms with E-state index in [9.17, 15) is 4.79 Å². The van der Waals surface area contributed by atoms with Crippen LogP contribution < -0.4 is 16.8 Å². The van der Waals surface area contributed by atoms with Gasteiger partial charge in [0.2, 0.25) is 0 Å². The van der Waals surface area contributed by atoms with E-state index in [1.54, 1.807) is 16.8 Å². The highest BCUT2D eigenvalue weighted by molar-refractivity contribution is 6.04. The van der Waals surface area contributed by atoms with Crippen LogP contribution in [0.15, 0.2) is 42.5 Å². The Morgan fingerprint density at radius 3 is 2.33 bits per heavy atom. The van der Waals surface area contributed by atoms with Crippen LogP contribution in [-0.4, -0.2) is 20.7 Å². The zero-order valence-corrected chi connectivity index (χ0v) is 15.9. The van der Waals surface area contributed by atoms with Gasteiger partial charge in [0.05, 0.1) is 5.54 Å². The summed E-state index contributed by atoms with van der Waals surface area (Å²) in [6, 6.07) is 12.8. The Bertz CT molecular complexity index is 983. The predicted molar refractivity (Wildman–Crippen MR) is 108 cm³/mol. The fraction of sp³-hybridized carbons (Fsp3) is 0.250. The predicted octanol–water partition coefficient (Wildman–Crippen LogP) is 3.43. The molecule has 0 fully saturated rings. The van der Waals surface area contributed by atoms with Crippen LogP contribution >= 0.6 is 0 Å². The zero-order valence-electron chi connectivity index (χ0n) is 15.9. The molecule has 7 heteroatoms. The molecule has 0 spiro atoms. The molecule has 0 atom stereocenters. The van der Waals surface area contributed by atoms with Gasteiger partial charge in [0.1, 0.15) is 22.9 Å². The van der Waals surface area contributed by atoms with E-state index >= 15 is 0 Å². The summed E-state index contributed by atoms with van der Waals surface area (Å²) in [5, 5.41) is 7.94. The van der Waals surface area contributed by atoms with Crippen molar-refractivity contribution in [2.45, 2.75) is 33.2 Å². The lowest BCUT2D eigenvalue weighted by molar-refractivity contribution is 0.100. The maximum Gasteiger partial charge on any atom is 0.254 e. The monoisotopic (exact) mass is 364 g/mol. The number of anilines is 3.